The normalized spacial score (nSPS) is 19.8. The van der Waals surface area contributed by atoms with Gasteiger partial charge >= 0.3 is 0 Å². The molecule has 1 aliphatic carbocycles. The predicted octanol–water partition coefficient (Wildman–Crippen LogP) is 3.77. The Kier molecular flexibility index (Phi) is 6.11. The van der Waals surface area contributed by atoms with E-state index in [9.17, 15) is 14.3 Å². The fourth-order valence-corrected chi connectivity index (χ4v) is 3.38. The molecule has 0 saturated heterocycles. The highest BCUT2D eigenvalue weighted by Gasteiger charge is 2.23. The molecule has 2 aromatic rings. The molecule has 0 atom stereocenters. The van der Waals surface area contributed by atoms with Crippen LogP contribution in [0.15, 0.2) is 41.4 Å². The standard InChI is InChI=1S/C19H21FN2O3S/c1-26-16-4-2-3-15(10-16)25-19-17(9-12(20)11-21-19)18(24)22-13-5-7-14(23)8-6-13/h2-4,9-11,13-14,23H,5-8H2,1H3,(H,22,24). The van der Waals surface area contributed by atoms with Crippen molar-refractivity contribution in [1.29, 1.82) is 0 Å². The topological polar surface area (TPSA) is 71.5 Å². The van der Waals surface area contributed by atoms with Crippen LogP contribution in [0.4, 0.5) is 4.39 Å². The molecule has 0 bridgehead atoms. The molecular formula is C19H21FN2O3S. The molecule has 26 heavy (non-hydrogen) atoms. The minimum Gasteiger partial charge on any atom is -0.438 e. The van der Waals surface area contributed by atoms with Crippen molar-refractivity contribution < 1.29 is 19.0 Å². The third kappa shape index (κ3) is 4.74. The first kappa shape index (κ1) is 18.7. The molecule has 138 valence electrons. The first-order valence-corrected chi connectivity index (χ1v) is 9.74. The Labute approximate surface area is 156 Å². The number of aliphatic hydroxyl groups excluding tert-OH is 1. The van der Waals surface area contributed by atoms with Crippen LogP contribution in [0.25, 0.3) is 0 Å². The molecule has 5 nitrogen and oxygen atoms in total. The number of ether oxygens (including phenoxy) is 1. The number of hydrogen-bond acceptors (Lipinski definition) is 5. The van der Waals surface area contributed by atoms with Gasteiger partial charge in [-0.1, -0.05) is 6.07 Å². The van der Waals surface area contributed by atoms with Crippen molar-refractivity contribution in [3.05, 3.63) is 47.9 Å². The number of nitrogens with zero attached hydrogens (tertiary/aromatic N) is 1. The van der Waals surface area contributed by atoms with E-state index in [1.54, 1.807) is 17.8 Å². The van der Waals surface area contributed by atoms with E-state index < -0.39 is 11.7 Å². The molecule has 1 heterocycles. The van der Waals surface area contributed by atoms with E-state index in [2.05, 4.69) is 10.3 Å². The summed E-state index contributed by atoms with van der Waals surface area (Å²) in [5, 5.41) is 12.5. The monoisotopic (exact) mass is 376 g/mol. The lowest BCUT2D eigenvalue weighted by Gasteiger charge is -2.26. The Balaban J connectivity index is 1.77. The maximum Gasteiger partial charge on any atom is 0.257 e. The van der Waals surface area contributed by atoms with Gasteiger partial charge in [-0.05, 0) is 56.2 Å². The second kappa shape index (κ2) is 8.51. The fraction of sp³-hybridized carbons (Fsp3) is 0.368. The number of carbonyl (C=O) groups excluding carboxylic acids is 1. The van der Waals surface area contributed by atoms with Crippen molar-refractivity contribution in [1.82, 2.24) is 10.3 Å². The van der Waals surface area contributed by atoms with Gasteiger partial charge in [0.05, 0.1) is 12.3 Å². The third-order valence-corrected chi connectivity index (χ3v) is 5.08. The van der Waals surface area contributed by atoms with Gasteiger partial charge in [-0.15, -0.1) is 11.8 Å². The van der Waals surface area contributed by atoms with Crippen LogP contribution in [0.3, 0.4) is 0 Å². The van der Waals surface area contributed by atoms with Gasteiger partial charge in [0.1, 0.15) is 17.1 Å². The lowest BCUT2D eigenvalue weighted by atomic mass is 9.93. The summed E-state index contributed by atoms with van der Waals surface area (Å²) >= 11 is 1.57. The number of nitrogens with one attached hydrogen (secondary N) is 1. The summed E-state index contributed by atoms with van der Waals surface area (Å²) < 4.78 is 19.4. The van der Waals surface area contributed by atoms with Gasteiger partial charge in [-0.3, -0.25) is 4.79 Å². The number of pyridine rings is 1. The summed E-state index contributed by atoms with van der Waals surface area (Å²) in [4.78, 5) is 17.6. The summed E-state index contributed by atoms with van der Waals surface area (Å²) in [6.07, 6.45) is 5.37. The predicted molar refractivity (Wildman–Crippen MR) is 98.2 cm³/mol. The van der Waals surface area contributed by atoms with E-state index in [-0.39, 0.29) is 23.6 Å². The van der Waals surface area contributed by atoms with Gasteiger partial charge < -0.3 is 15.2 Å². The number of halogens is 1. The third-order valence-electron chi connectivity index (χ3n) is 4.35. The first-order valence-electron chi connectivity index (χ1n) is 8.51. The highest BCUT2D eigenvalue weighted by molar-refractivity contribution is 7.98. The van der Waals surface area contributed by atoms with Crippen LogP contribution in [0.5, 0.6) is 11.6 Å². The second-order valence-electron chi connectivity index (χ2n) is 6.27. The summed E-state index contributed by atoms with van der Waals surface area (Å²) in [6.45, 7) is 0. The molecular weight excluding hydrogens is 355 g/mol. The maximum atomic E-state index is 13.7. The van der Waals surface area contributed by atoms with Crippen molar-refractivity contribution in [2.75, 3.05) is 6.26 Å². The zero-order valence-corrected chi connectivity index (χ0v) is 15.3. The maximum absolute atomic E-state index is 13.7. The van der Waals surface area contributed by atoms with Crippen LogP contribution < -0.4 is 10.1 Å². The summed E-state index contributed by atoms with van der Waals surface area (Å²) in [7, 11) is 0. The number of amides is 1. The van der Waals surface area contributed by atoms with Crippen molar-refractivity contribution in [3.63, 3.8) is 0 Å². The lowest BCUT2D eigenvalue weighted by molar-refractivity contribution is 0.0864. The molecule has 7 heteroatoms. The zero-order chi connectivity index (χ0) is 18.5. The molecule has 0 aliphatic heterocycles. The number of thioether (sulfide) groups is 1. The van der Waals surface area contributed by atoms with Crippen molar-refractivity contribution in [2.45, 2.75) is 42.7 Å². The van der Waals surface area contributed by atoms with E-state index in [4.69, 9.17) is 4.74 Å². The first-order chi connectivity index (χ1) is 12.5. The van der Waals surface area contributed by atoms with Crippen LogP contribution in [-0.2, 0) is 0 Å². The van der Waals surface area contributed by atoms with E-state index in [0.29, 0.717) is 31.4 Å². The molecule has 0 radical (unpaired) electrons. The Morgan fingerprint density at radius 2 is 2.08 bits per heavy atom. The number of carbonyl (C=O) groups is 1. The van der Waals surface area contributed by atoms with E-state index in [1.807, 2.05) is 24.5 Å². The summed E-state index contributed by atoms with van der Waals surface area (Å²) in [5.41, 5.74) is 0.0608. The minimum absolute atomic E-state index is 0.0400. The molecule has 3 rings (SSSR count). The van der Waals surface area contributed by atoms with Crippen molar-refractivity contribution in [2.24, 2.45) is 0 Å². The number of aromatic nitrogens is 1. The van der Waals surface area contributed by atoms with Crippen LogP contribution >= 0.6 is 11.8 Å². The molecule has 1 aromatic heterocycles. The van der Waals surface area contributed by atoms with Gasteiger partial charge in [0.25, 0.3) is 5.91 Å². The molecule has 1 fully saturated rings. The highest BCUT2D eigenvalue weighted by Crippen LogP contribution is 2.27. The van der Waals surface area contributed by atoms with E-state index in [0.717, 1.165) is 17.2 Å². The SMILES string of the molecule is CSc1cccc(Oc2ncc(F)cc2C(=O)NC2CCC(O)CC2)c1. The van der Waals surface area contributed by atoms with Gasteiger partial charge in [0.15, 0.2) is 0 Å². The Morgan fingerprint density at radius 3 is 2.81 bits per heavy atom. The van der Waals surface area contributed by atoms with Gasteiger partial charge in [0, 0.05) is 10.9 Å². The zero-order valence-electron chi connectivity index (χ0n) is 14.4. The number of aliphatic hydroxyl groups is 1. The average Bonchev–Trinajstić information content (AvgIpc) is 2.65. The molecule has 1 saturated carbocycles. The fourth-order valence-electron chi connectivity index (χ4n) is 2.93. The largest absolute Gasteiger partial charge is 0.438 e. The van der Waals surface area contributed by atoms with Crippen molar-refractivity contribution >= 4 is 17.7 Å². The van der Waals surface area contributed by atoms with Crippen LogP contribution in [0.2, 0.25) is 0 Å². The van der Waals surface area contributed by atoms with Gasteiger partial charge in [0.2, 0.25) is 5.88 Å². The Hall–Kier alpha value is -2.12. The molecule has 1 amide bonds. The Morgan fingerprint density at radius 1 is 1.31 bits per heavy atom. The van der Waals surface area contributed by atoms with Crippen LogP contribution in [-0.4, -0.2) is 34.4 Å². The Bertz CT molecular complexity index is 779. The number of benzene rings is 1. The number of hydrogen-bond donors (Lipinski definition) is 2. The van der Waals surface area contributed by atoms with Crippen molar-refractivity contribution in [3.8, 4) is 11.6 Å². The van der Waals surface area contributed by atoms with Gasteiger partial charge in [-0.2, -0.15) is 0 Å². The smallest absolute Gasteiger partial charge is 0.257 e. The quantitative estimate of drug-likeness (QED) is 0.778. The molecule has 1 aromatic carbocycles. The molecule has 0 unspecified atom stereocenters. The minimum atomic E-state index is -0.598. The molecule has 0 spiro atoms. The lowest BCUT2D eigenvalue weighted by Crippen LogP contribution is -2.38. The summed E-state index contributed by atoms with van der Waals surface area (Å²) in [5.74, 6) is -0.419. The average molecular weight is 376 g/mol. The van der Waals surface area contributed by atoms with Crippen LogP contribution in [0.1, 0.15) is 36.0 Å². The molecule has 1 aliphatic rings. The highest BCUT2D eigenvalue weighted by atomic mass is 32.2. The summed E-state index contributed by atoms with van der Waals surface area (Å²) in [6, 6.07) is 8.48. The van der Waals surface area contributed by atoms with E-state index in [1.165, 1.54) is 0 Å². The second-order valence-corrected chi connectivity index (χ2v) is 7.15. The number of rotatable bonds is 5. The molecule has 2 N–H and O–H groups in total. The van der Waals surface area contributed by atoms with Crippen LogP contribution in [0, 0.1) is 5.82 Å². The van der Waals surface area contributed by atoms with Gasteiger partial charge in [-0.25, -0.2) is 9.37 Å². The van der Waals surface area contributed by atoms with E-state index >= 15 is 0 Å².